The summed E-state index contributed by atoms with van der Waals surface area (Å²) in [4.78, 5) is 12.2. The molecular formula is C17H24BrNO. The van der Waals surface area contributed by atoms with Crippen molar-refractivity contribution in [3.8, 4) is 0 Å². The Labute approximate surface area is 130 Å². The third-order valence-corrected chi connectivity index (χ3v) is 5.37. The minimum atomic E-state index is 0.0319. The lowest BCUT2D eigenvalue weighted by molar-refractivity contribution is 0.0948. The molecule has 0 saturated heterocycles. The number of hydrogen-bond acceptors (Lipinski definition) is 1. The van der Waals surface area contributed by atoms with E-state index in [9.17, 15) is 4.79 Å². The summed E-state index contributed by atoms with van der Waals surface area (Å²) >= 11 is 3.50. The Morgan fingerprint density at radius 1 is 1.40 bits per heavy atom. The monoisotopic (exact) mass is 337 g/mol. The molecular weight excluding hydrogens is 314 g/mol. The Balaban J connectivity index is 1.82. The minimum Gasteiger partial charge on any atom is -0.352 e. The summed E-state index contributed by atoms with van der Waals surface area (Å²) in [5, 5.41) is 3.06. The van der Waals surface area contributed by atoms with E-state index >= 15 is 0 Å². The SMILES string of the molecule is Cc1cccc(C(=O)NCCC2CCCC(C)C2)c1Br. The van der Waals surface area contributed by atoms with Gasteiger partial charge in [0, 0.05) is 11.0 Å². The van der Waals surface area contributed by atoms with E-state index in [1.165, 1.54) is 25.7 Å². The molecule has 1 aromatic rings. The summed E-state index contributed by atoms with van der Waals surface area (Å²) in [5.74, 6) is 1.68. The molecule has 0 aromatic heterocycles. The van der Waals surface area contributed by atoms with E-state index in [2.05, 4.69) is 28.2 Å². The molecule has 1 aliphatic carbocycles. The van der Waals surface area contributed by atoms with Crippen LogP contribution in [0.3, 0.4) is 0 Å². The Morgan fingerprint density at radius 3 is 2.95 bits per heavy atom. The fraction of sp³-hybridized carbons (Fsp3) is 0.588. The van der Waals surface area contributed by atoms with E-state index in [0.717, 1.165) is 40.4 Å². The zero-order valence-corrected chi connectivity index (χ0v) is 14.0. The number of hydrogen-bond donors (Lipinski definition) is 1. The van der Waals surface area contributed by atoms with Gasteiger partial charge in [-0.3, -0.25) is 4.79 Å². The van der Waals surface area contributed by atoms with Crippen molar-refractivity contribution >= 4 is 21.8 Å². The number of rotatable bonds is 4. The van der Waals surface area contributed by atoms with Gasteiger partial charge in [0.05, 0.1) is 5.56 Å². The smallest absolute Gasteiger partial charge is 0.252 e. The number of nitrogens with one attached hydrogen (secondary N) is 1. The van der Waals surface area contributed by atoms with Crippen molar-refractivity contribution in [1.29, 1.82) is 0 Å². The summed E-state index contributed by atoms with van der Waals surface area (Å²) < 4.78 is 0.906. The van der Waals surface area contributed by atoms with Gasteiger partial charge in [0.2, 0.25) is 0 Å². The highest BCUT2D eigenvalue weighted by atomic mass is 79.9. The van der Waals surface area contributed by atoms with Gasteiger partial charge in [-0.05, 0) is 59.2 Å². The standard InChI is InChI=1S/C17H24BrNO/c1-12-5-3-7-14(11-12)9-10-19-17(20)15-8-4-6-13(2)16(15)18/h4,6,8,12,14H,3,5,7,9-11H2,1-2H3,(H,19,20). The molecule has 2 nitrogen and oxygen atoms in total. The number of halogens is 1. The summed E-state index contributed by atoms with van der Waals surface area (Å²) in [5.41, 5.74) is 1.83. The molecule has 1 amide bonds. The van der Waals surface area contributed by atoms with E-state index in [0.29, 0.717) is 0 Å². The second-order valence-corrected chi connectivity index (χ2v) is 6.91. The molecule has 1 N–H and O–H groups in total. The van der Waals surface area contributed by atoms with Crippen molar-refractivity contribution < 1.29 is 4.79 Å². The van der Waals surface area contributed by atoms with Crippen molar-refractivity contribution in [2.75, 3.05) is 6.54 Å². The normalized spacial score (nSPS) is 22.6. The van der Waals surface area contributed by atoms with E-state index in [-0.39, 0.29) is 5.91 Å². The Bertz CT molecular complexity index is 472. The highest BCUT2D eigenvalue weighted by Gasteiger charge is 2.19. The molecule has 110 valence electrons. The van der Waals surface area contributed by atoms with Crippen molar-refractivity contribution in [1.82, 2.24) is 5.32 Å². The molecule has 1 fully saturated rings. The van der Waals surface area contributed by atoms with Crippen LogP contribution in [0.1, 0.15) is 54.9 Å². The van der Waals surface area contributed by atoms with Gasteiger partial charge < -0.3 is 5.32 Å². The third-order valence-electron chi connectivity index (χ3n) is 4.32. The van der Waals surface area contributed by atoms with E-state index in [4.69, 9.17) is 0 Å². The zero-order chi connectivity index (χ0) is 14.5. The predicted molar refractivity (Wildman–Crippen MR) is 87.0 cm³/mol. The zero-order valence-electron chi connectivity index (χ0n) is 12.4. The average molecular weight is 338 g/mol. The van der Waals surface area contributed by atoms with Crippen LogP contribution < -0.4 is 5.32 Å². The van der Waals surface area contributed by atoms with Crippen molar-refractivity contribution in [2.24, 2.45) is 11.8 Å². The van der Waals surface area contributed by atoms with Gasteiger partial charge >= 0.3 is 0 Å². The highest BCUT2D eigenvalue weighted by molar-refractivity contribution is 9.10. The van der Waals surface area contributed by atoms with E-state index in [1.807, 2.05) is 25.1 Å². The lowest BCUT2D eigenvalue weighted by atomic mass is 9.81. The van der Waals surface area contributed by atoms with Gasteiger partial charge in [-0.15, -0.1) is 0 Å². The van der Waals surface area contributed by atoms with Crippen LogP contribution in [0, 0.1) is 18.8 Å². The fourth-order valence-corrected chi connectivity index (χ4v) is 3.57. The second kappa shape index (κ2) is 7.26. The molecule has 1 aliphatic rings. The van der Waals surface area contributed by atoms with Gasteiger partial charge in [-0.25, -0.2) is 0 Å². The largest absolute Gasteiger partial charge is 0.352 e. The quantitative estimate of drug-likeness (QED) is 0.847. The first kappa shape index (κ1) is 15.6. The predicted octanol–water partition coefficient (Wildman–Crippen LogP) is 4.70. The maximum absolute atomic E-state index is 12.2. The molecule has 1 aromatic carbocycles. The van der Waals surface area contributed by atoms with Crippen molar-refractivity contribution in [2.45, 2.75) is 46.0 Å². The molecule has 0 bridgehead atoms. The summed E-state index contributed by atoms with van der Waals surface area (Å²) in [6.07, 6.45) is 6.49. The third kappa shape index (κ3) is 4.08. The second-order valence-electron chi connectivity index (χ2n) is 6.12. The van der Waals surface area contributed by atoms with Crippen molar-refractivity contribution in [3.05, 3.63) is 33.8 Å². The first-order chi connectivity index (χ1) is 9.58. The van der Waals surface area contributed by atoms with Gasteiger partial charge in [0.15, 0.2) is 0 Å². The van der Waals surface area contributed by atoms with Gasteiger partial charge in [0.25, 0.3) is 5.91 Å². The maximum Gasteiger partial charge on any atom is 0.252 e. The number of aryl methyl sites for hydroxylation is 1. The topological polar surface area (TPSA) is 29.1 Å². The van der Waals surface area contributed by atoms with E-state index in [1.54, 1.807) is 0 Å². The van der Waals surface area contributed by atoms with Crippen LogP contribution >= 0.6 is 15.9 Å². The summed E-state index contributed by atoms with van der Waals surface area (Å²) in [7, 11) is 0. The molecule has 2 unspecified atom stereocenters. The Kier molecular flexibility index (Phi) is 5.64. The lowest BCUT2D eigenvalue weighted by Crippen LogP contribution is -2.27. The molecule has 0 spiro atoms. The van der Waals surface area contributed by atoms with Crippen LogP contribution in [0.15, 0.2) is 22.7 Å². The summed E-state index contributed by atoms with van der Waals surface area (Å²) in [6, 6.07) is 5.80. The molecule has 0 heterocycles. The van der Waals surface area contributed by atoms with Crippen LogP contribution in [0.4, 0.5) is 0 Å². The first-order valence-electron chi connectivity index (χ1n) is 7.61. The number of amides is 1. The minimum absolute atomic E-state index is 0.0319. The van der Waals surface area contributed by atoms with Gasteiger partial charge in [-0.2, -0.15) is 0 Å². The Hall–Kier alpha value is -0.830. The fourth-order valence-electron chi connectivity index (χ4n) is 3.13. The van der Waals surface area contributed by atoms with Gasteiger partial charge in [-0.1, -0.05) is 38.3 Å². The highest BCUT2D eigenvalue weighted by Crippen LogP contribution is 2.30. The molecule has 2 rings (SSSR count). The summed E-state index contributed by atoms with van der Waals surface area (Å²) in [6.45, 7) is 5.13. The van der Waals surface area contributed by atoms with Crippen LogP contribution in [-0.2, 0) is 0 Å². The van der Waals surface area contributed by atoms with Crippen LogP contribution in [-0.4, -0.2) is 12.5 Å². The molecule has 3 heteroatoms. The van der Waals surface area contributed by atoms with Crippen molar-refractivity contribution in [3.63, 3.8) is 0 Å². The number of benzene rings is 1. The molecule has 0 radical (unpaired) electrons. The van der Waals surface area contributed by atoms with Gasteiger partial charge in [0.1, 0.15) is 0 Å². The van der Waals surface area contributed by atoms with Crippen LogP contribution in [0.5, 0.6) is 0 Å². The van der Waals surface area contributed by atoms with Crippen LogP contribution in [0.25, 0.3) is 0 Å². The number of carbonyl (C=O) groups excluding carboxylic acids is 1. The Morgan fingerprint density at radius 2 is 2.20 bits per heavy atom. The maximum atomic E-state index is 12.2. The first-order valence-corrected chi connectivity index (χ1v) is 8.40. The molecule has 1 saturated carbocycles. The molecule has 20 heavy (non-hydrogen) atoms. The molecule has 2 atom stereocenters. The van der Waals surface area contributed by atoms with Crippen LogP contribution in [0.2, 0.25) is 0 Å². The average Bonchev–Trinajstić information content (AvgIpc) is 2.42. The van der Waals surface area contributed by atoms with E-state index < -0.39 is 0 Å². The lowest BCUT2D eigenvalue weighted by Gasteiger charge is -2.26. The molecule has 0 aliphatic heterocycles. The number of carbonyl (C=O) groups is 1.